The van der Waals surface area contributed by atoms with Crippen molar-refractivity contribution in [1.29, 1.82) is 0 Å². The Morgan fingerprint density at radius 3 is 2.48 bits per heavy atom. The number of fused-ring (bicyclic) bond motifs is 1. The Morgan fingerprint density at radius 2 is 1.85 bits per heavy atom. The molecule has 5 nitrogen and oxygen atoms in total. The van der Waals surface area contributed by atoms with Crippen molar-refractivity contribution in [3.8, 4) is 17.2 Å². The normalized spacial score (nSPS) is 10.6. The van der Waals surface area contributed by atoms with E-state index in [1.54, 1.807) is 20.1 Å². The predicted octanol–water partition coefficient (Wildman–Crippen LogP) is 4.69. The zero-order valence-corrected chi connectivity index (χ0v) is 15.8. The molecule has 0 bridgehead atoms. The van der Waals surface area contributed by atoms with Gasteiger partial charge in [0, 0.05) is 16.8 Å². The van der Waals surface area contributed by atoms with E-state index in [-0.39, 0.29) is 5.97 Å². The van der Waals surface area contributed by atoms with Gasteiger partial charge in [-0.05, 0) is 56.3 Å². The highest BCUT2D eigenvalue weighted by molar-refractivity contribution is 6.07. The van der Waals surface area contributed by atoms with Crippen LogP contribution in [0.1, 0.15) is 23.0 Å². The molecule has 140 valence electrons. The lowest BCUT2D eigenvalue weighted by atomic mass is 10.1. The van der Waals surface area contributed by atoms with Gasteiger partial charge in [0.05, 0.1) is 24.8 Å². The zero-order valence-electron chi connectivity index (χ0n) is 15.8. The number of methoxy groups -OCH3 is 1. The van der Waals surface area contributed by atoms with E-state index < -0.39 is 0 Å². The molecule has 1 heterocycles. The first-order chi connectivity index (χ1) is 13.1. The van der Waals surface area contributed by atoms with Crippen molar-refractivity contribution in [2.45, 2.75) is 13.8 Å². The summed E-state index contributed by atoms with van der Waals surface area (Å²) in [6.07, 6.45) is 1.68. The van der Waals surface area contributed by atoms with Crippen LogP contribution in [0, 0.1) is 6.92 Å². The largest absolute Gasteiger partial charge is 0.497 e. The Labute approximate surface area is 158 Å². The van der Waals surface area contributed by atoms with Crippen molar-refractivity contribution in [1.82, 2.24) is 4.57 Å². The molecule has 0 atom stereocenters. The van der Waals surface area contributed by atoms with Crippen LogP contribution in [-0.4, -0.2) is 30.9 Å². The van der Waals surface area contributed by atoms with Crippen molar-refractivity contribution >= 4 is 16.9 Å². The minimum absolute atomic E-state index is 0.320. The molecule has 0 unspecified atom stereocenters. The summed E-state index contributed by atoms with van der Waals surface area (Å²) in [7, 11) is 1.63. The van der Waals surface area contributed by atoms with Gasteiger partial charge in [0.25, 0.3) is 0 Å². The summed E-state index contributed by atoms with van der Waals surface area (Å²) in [6.45, 7) is 8.11. The summed E-state index contributed by atoms with van der Waals surface area (Å²) in [5.41, 5.74) is 3.21. The number of benzene rings is 2. The quantitative estimate of drug-likeness (QED) is 0.450. The van der Waals surface area contributed by atoms with Gasteiger partial charge in [0.2, 0.25) is 0 Å². The van der Waals surface area contributed by atoms with E-state index in [0.717, 1.165) is 28.0 Å². The Morgan fingerprint density at radius 1 is 1.15 bits per heavy atom. The second kappa shape index (κ2) is 7.99. The van der Waals surface area contributed by atoms with E-state index in [1.165, 1.54) is 0 Å². The van der Waals surface area contributed by atoms with Crippen LogP contribution in [0.5, 0.6) is 11.5 Å². The van der Waals surface area contributed by atoms with E-state index in [2.05, 4.69) is 6.58 Å². The summed E-state index contributed by atoms with van der Waals surface area (Å²) in [4.78, 5) is 12.6. The molecule has 2 aromatic carbocycles. The highest BCUT2D eigenvalue weighted by atomic mass is 16.5. The molecule has 0 radical (unpaired) electrons. The third-order valence-corrected chi connectivity index (χ3v) is 4.35. The number of carbonyl (C=O) groups is 1. The van der Waals surface area contributed by atoms with Crippen molar-refractivity contribution in [3.63, 3.8) is 0 Å². The molecule has 0 spiro atoms. The van der Waals surface area contributed by atoms with Gasteiger partial charge in [-0.2, -0.15) is 0 Å². The van der Waals surface area contributed by atoms with Gasteiger partial charge in [-0.1, -0.05) is 12.7 Å². The summed E-state index contributed by atoms with van der Waals surface area (Å²) in [5.74, 6) is 1.12. The molecular weight excluding hydrogens is 342 g/mol. The topological polar surface area (TPSA) is 49.7 Å². The summed E-state index contributed by atoms with van der Waals surface area (Å²) in [6, 6.07) is 13.4. The number of rotatable bonds is 7. The fourth-order valence-corrected chi connectivity index (χ4v) is 3.17. The Balaban J connectivity index is 2.21. The molecule has 3 aromatic rings. The number of aromatic nitrogens is 1. The smallest absolute Gasteiger partial charge is 0.340 e. The maximum Gasteiger partial charge on any atom is 0.340 e. The molecule has 0 saturated heterocycles. The number of esters is 1. The third kappa shape index (κ3) is 3.53. The Bertz CT molecular complexity index is 970. The number of ether oxygens (including phenoxy) is 3. The van der Waals surface area contributed by atoms with E-state index >= 15 is 0 Å². The highest BCUT2D eigenvalue weighted by Crippen LogP contribution is 2.33. The average Bonchev–Trinajstić information content (AvgIpc) is 2.97. The summed E-state index contributed by atoms with van der Waals surface area (Å²) in [5, 5.41) is 0.795. The second-order valence-corrected chi connectivity index (χ2v) is 5.99. The summed E-state index contributed by atoms with van der Waals surface area (Å²) >= 11 is 0. The van der Waals surface area contributed by atoms with Crippen molar-refractivity contribution < 1.29 is 19.0 Å². The van der Waals surface area contributed by atoms with Crippen LogP contribution < -0.4 is 9.47 Å². The van der Waals surface area contributed by atoms with Gasteiger partial charge in [-0.3, -0.25) is 0 Å². The zero-order chi connectivity index (χ0) is 19.4. The molecule has 1 aromatic heterocycles. The molecule has 0 aliphatic heterocycles. The Hall–Kier alpha value is -3.21. The minimum Gasteiger partial charge on any atom is -0.497 e. The number of carbonyl (C=O) groups excluding carboxylic acids is 1. The van der Waals surface area contributed by atoms with Crippen LogP contribution in [0.4, 0.5) is 0 Å². The maximum atomic E-state index is 12.6. The van der Waals surface area contributed by atoms with Crippen molar-refractivity contribution in [2.24, 2.45) is 0 Å². The minimum atomic E-state index is -0.340. The van der Waals surface area contributed by atoms with Gasteiger partial charge < -0.3 is 18.8 Å². The molecular formula is C22H23NO4. The van der Waals surface area contributed by atoms with E-state index in [4.69, 9.17) is 14.2 Å². The third-order valence-electron chi connectivity index (χ3n) is 4.35. The average molecular weight is 365 g/mol. The fourth-order valence-electron chi connectivity index (χ4n) is 3.17. The number of nitrogens with zero attached hydrogens (tertiary/aromatic N) is 1. The van der Waals surface area contributed by atoms with E-state index in [9.17, 15) is 4.79 Å². The monoisotopic (exact) mass is 365 g/mol. The van der Waals surface area contributed by atoms with Crippen LogP contribution in [0.15, 0.2) is 55.1 Å². The molecule has 0 N–H and O–H groups in total. The summed E-state index contributed by atoms with van der Waals surface area (Å²) < 4.78 is 18.2. The van der Waals surface area contributed by atoms with Gasteiger partial charge in [0.1, 0.15) is 18.1 Å². The maximum absolute atomic E-state index is 12.6. The molecule has 0 saturated carbocycles. The van der Waals surface area contributed by atoms with Crippen LogP contribution in [0.3, 0.4) is 0 Å². The molecule has 0 amide bonds. The first-order valence-corrected chi connectivity index (χ1v) is 8.81. The molecule has 0 fully saturated rings. The van der Waals surface area contributed by atoms with Crippen LogP contribution >= 0.6 is 0 Å². The van der Waals surface area contributed by atoms with Gasteiger partial charge >= 0.3 is 5.97 Å². The molecule has 3 rings (SSSR count). The first-order valence-electron chi connectivity index (χ1n) is 8.81. The van der Waals surface area contributed by atoms with Gasteiger partial charge in [-0.15, -0.1) is 0 Å². The van der Waals surface area contributed by atoms with Gasteiger partial charge in [-0.25, -0.2) is 4.79 Å². The molecule has 0 aliphatic carbocycles. The lowest BCUT2D eigenvalue weighted by Crippen LogP contribution is -2.07. The second-order valence-electron chi connectivity index (χ2n) is 5.99. The molecule has 27 heavy (non-hydrogen) atoms. The van der Waals surface area contributed by atoms with Crippen LogP contribution in [0.2, 0.25) is 0 Å². The van der Waals surface area contributed by atoms with Crippen molar-refractivity contribution in [3.05, 3.63) is 66.4 Å². The first kappa shape index (κ1) is 18.6. The van der Waals surface area contributed by atoms with E-state index in [0.29, 0.717) is 24.5 Å². The molecule has 5 heteroatoms. The van der Waals surface area contributed by atoms with Crippen LogP contribution in [0.25, 0.3) is 16.6 Å². The number of hydrogen-bond donors (Lipinski definition) is 0. The fraction of sp³-hybridized carbons (Fsp3) is 0.227. The Kier molecular flexibility index (Phi) is 5.50. The van der Waals surface area contributed by atoms with Crippen molar-refractivity contribution in [2.75, 3.05) is 20.3 Å². The highest BCUT2D eigenvalue weighted by Gasteiger charge is 2.22. The van der Waals surface area contributed by atoms with Gasteiger partial charge in [0.15, 0.2) is 0 Å². The predicted molar refractivity (Wildman–Crippen MR) is 106 cm³/mol. The molecule has 0 aliphatic rings. The standard InChI is InChI=1S/C22H23NO4/c1-5-13-27-18-11-12-20-19(14-18)21(22(24)26-6-2)15(3)23(20)16-7-9-17(25-4)10-8-16/h5,7-12,14H,1,6,13H2,2-4H3. The van der Waals surface area contributed by atoms with E-state index in [1.807, 2.05) is 54.0 Å². The lowest BCUT2D eigenvalue weighted by Gasteiger charge is -2.10. The lowest BCUT2D eigenvalue weighted by molar-refractivity contribution is 0.0527. The van der Waals surface area contributed by atoms with Crippen LogP contribution in [-0.2, 0) is 4.74 Å². The SMILES string of the molecule is C=CCOc1ccc2c(c1)c(C(=O)OCC)c(C)n2-c1ccc(OC)cc1. The number of hydrogen-bond acceptors (Lipinski definition) is 4.